The van der Waals surface area contributed by atoms with Gasteiger partial charge >= 0.3 is 0 Å². The van der Waals surface area contributed by atoms with Crippen LogP contribution in [0.4, 0.5) is 11.4 Å². The van der Waals surface area contributed by atoms with E-state index in [-0.39, 0.29) is 10.6 Å². The van der Waals surface area contributed by atoms with E-state index in [2.05, 4.69) is 17.3 Å². The minimum Gasteiger partial charge on any atom is -0.381 e. The molecule has 0 spiro atoms. The van der Waals surface area contributed by atoms with Gasteiger partial charge < -0.3 is 10.2 Å². The number of nitro groups is 1. The van der Waals surface area contributed by atoms with Gasteiger partial charge in [-0.25, -0.2) is 0 Å². The molecule has 1 saturated heterocycles. The fourth-order valence-electron chi connectivity index (χ4n) is 2.47. The van der Waals surface area contributed by atoms with Crippen LogP contribution in [0.15, 0.2) is 12.1 Å². The summed E-state index contributed by atoms with van der Waals surface area (Å²) in [4.78, 5) is 12.9. The molecule has 2 rings (SSSR count). The van der Waals surface area contributed by atoms with E-state index in [0.717, 1.165) is 30.8 Å². The highest BCUT2D eigenvalue weighted by Gasteiger charge is 2.21. The summed E-state index contributed by atoms with van der Waals surface area (Å²) in [5.41, 5.74) is 2.85. The van der Waals surface area contributed by atoms with Crippen molar-refractivity contribution in [1.82, 2.24) is 4.90 Å². The Kier molecular flexibility index (Phi) is 3.52. The van der Waals surface area contributed by atoms with Crippen molar-refractivity contribution in [3.05, 3.63) is 33.4 Å². The highest BCUT2D eigenvalue weighted by Crippen LogP contribution is 2.27. The van der Waals surface area contributed by atoms with Gasteiger partial charge in [-0.2, -0.15) is 0 Å². The maximum absolute atomic E-state index is 10.9. The molecule has 1 atom stereocenters. The molecule has 0 aromatic heterocycles. The Balaban J connectivity index is 2.22. The number of likely N-dealkylation sites (tertiary alicyclic amines) is 1. The average Bonchev–Trinajstić information content (AvgIpc) is 2.67. The van der Waals surface area contributed by atoms with Crippen LogP contribution in [0.1, 0.15) is 17.5 Å². The molecular formula is C13H19N3O2. The van der Waals surface area contributed by atoms with Crippen molar-refractivity contribution in [1.29, 1.82) is 0 Å². The van der Waals surface area contributed by atoms with Crippen LogP contribution in [0.25, 0.3) is 0 Å². The number of rotatable bonds is 3. The van der Waals surface area contributed by atoms with Crippen molar-refractivity contribution < 1.29 is 4.92 Å². The van der Waals surface area contributed by atoms with Crippen molar-refractivity contribution >= 4 is 11.4 Å². The van der Waals surface area contributed by atoms with Crippen LogP contribution >= 0.6 is 0 Å². The first-order valence-electron chi connectivity index (χ1n) is 6.18. The minimum atomic E-state index is -0.319. The topological polar surface area (TPSA) is 58.4 Å². The Morgan fingerprint density at radius 1 is 1.39 bits per heavy atom. The number of hydrogen-bond donors (Lipinski definition) is 1. The molecule has 18 heavy (non-hydrogen) atoms. The molecule has 1 aliphatic heterocycles. The van der Waals surface area contributed by atoms with Gasteiger partial charge in [-0.1, -0.05) is 0 Å². The number of benzene rings is 1. The van der Waals surface area contributed by atoms with Gasteiger partial charge in [-0.15, -0.1) is 0 Å². The zero-order valence-corrected chi connectivity index (χ0v) is 11.1. The van der Waals surface area contributed by atoms with E-state index in [1.807, 2.05) is 13.0 Å². The lowest BCUT2D eigenvalue weighted by molar-refractivity contribution is -0.385. The summed E-state index contributed by atoms with van der Waals surface area (Å²) in [6.45, 7) is 5.82. The minimum absolute atomic E-state index is 0.189. The number of nitrogens with one attached hydrogen (secondary N) is 1. The highest BCUT2D eigenvalue weighted by atomic mass is 16.6. The lowest BCUT2D eigenvalue weighted by atomic mass is 10.1. The van der Waals surface area contributed by atoms with Crippen molar-refractivity contribution in [3.63, 3.8) is 0 Å². The lowest BCUT2D eigenvalue weighted by Crippen LogP contribution is -2.23. The molecule has 0 radical (unpaired) electrons. The molecule has 98 valence electrons. The predicted octanol–water partition coefficient (Wildman–Crippen LogP) is 2.33. The summed E-state index contributed by atoms with van der Waals surface area (Å²) in [7, 11) is 2.09. The van der Waals surface area contributed by atoms with Crippen molar-refractivity contribution in [2.45, 2.75) is 26.3 Å². The van der Waals surface area contributed by atoms with Gasteiger partial charge in [0, 0.05) is 29.9 Å². The van der Waals surface area contributed by atoms with E-state index in [0.29, 0.717) is 11.6 Å². The molecule has 1 aromatic rings. The van der Waals surface area contributed by atoms with E-state index >= 15 is 0 Å². The Hall–Kier alpha value is -1.62. The first-order chi connectivity index (χ1) is 8.47. The second-order valence-electron chi connectivity index (χ2n) is 5.10. The number of nitrogens with zero attached hydrogens (tertiary/aromatic N) is 2. The summed E-state index contributed by atoms with van der Waals surface area (Å²) in [6.07, 6.45) is 1.08. The maximum atomic E-state index is 10.9. The van der Waals surface area contributed by atoms with Crippen LogP contribution in [0, 0.1) is 24.0 Å². The maximum Gasteiger partial charge on any atom is 0.274 e. The molecule has 1 aliphatic rings. The predicted molar refractivity (Wildman–Crippen MR) is 72.1 cm³/mol. The number of nitro benzene ring substituents is 1. The third-order valence-corrected chi connectivity index (χ3v) is 3.49. The smallest absolute Gasteiger partial charge is 0.274 e. The van der Waals surface area contributed by atoms with Crippen molar-refractivity contribution in [3.8, 4) is 0 Å². The largest absolute Gasteiger partial charge is 0.381 e. The van der Waals surface area contributed by atoms with Gasteiger partial charge in [0.05, 0.1) is 4.92 Å². The third-order valence-electron chi connectivity index (χ3n) is 3.49. The van der Waals surface area contributed by atoms with Gasteiger partial charge in [0.2, 0.25) is 0 Å². The molecule has 0 amide bonds. The fraction of sp³-hybridized carbons (Fsp3) is 0.538. The molecule has 1 fully saturated rings. The molecule has 5 nitrogen and oxygen atoms in total. The molecule has 1 aromatic carbocycles. The van der Waals surface area contributed by atoms with Crippen LogP contribution in [0.3, 0.4) is 0 Å². The number of anilines is 1. The Labute approximate surface area is 107 Å². The molecule has 0 aliphatic carbocycles. The lowest BCUT2D eigenvalue weighted by Gasteiger charge is -2.16. The summed E-state index contributed by atoms with van der Waals surface area (Å²) in [5.74, 6) is 0. The SMILES string of the molecule is Cc1cc(C)c([N+](=O)[O-])cc1NC1CCN(C)C1. The molecule has 0 bridgehead atoms. The summed E-state index contributed by atoms with van der Waals surface area (Å²) >= 11 is 0. The first-order valence-corrected chi connectivity index (χ1v) is 6.18. The van der Waals surface area contributed by atoms with Crippen LogP contribution < -0.4 is 5.32 Å². The number of aryl methyl sites for hydroxylation is 2. The first kappa shape index (κ1) is 12.8. The molecule has 1 heterocycles. The highest BCUT2D eigenvalue weighted by molar-refractivity contribution is 5.60. The second kappa shape index (κ2) is 4.94. The zero-order valence-electron chi connectivity index (χ0n) is 11.1. The van der Waals surface area contributed by atoms with E-state index in [1.165, 1.54) is 0 Å². The van der Waals surface area contributed by atoms with E-state index in [1.54, 1.807) is 13.0 Å². The summed E-state index contributed by atoms with van der Waals surface area (Å²) in [5, 5.41) is 14.4. The third kappa shape index (κ3) is 2.61. The summed E-state index contributed by atoms with van der Waals surface area (Å²) < 4.78 is 0. The Bertz CT molecular complexity index is 474. The second-order valence-corrected chi connectivity index (χ2v) is 5.10. The van der Waals surface area contributed by atoms with Gasteiger partial charge in [0.1, 0.15) is 0 Å². The number of likely N-dealkylation sites (N-methyl/N-ethyl adjacent to an activating group) is 1. The molecule has 1 N–H and O–H groups in total. The Morgan fingerprint density at radius 2 is 2.11 bits per heavy atom. The van der Waals surface area contributed by atoms with Crippen LogP contribution in [0.5, 0.6) is 0 Å². The molecule has 0 saturated carbocycles. The van der Waals surface area contributed by atoms with Crippen LogP contribution in [0.2, 0.25) is 0 Å². The molecule has 1 unspecified atom stereocenters. The van der Waals surface area contributed by atoms with Crippen molar-refractivity contribution in [2.24, 2.45) is 0 Å². The molecule has 5 heteroatoms. The average molecular weight is 249 g/mol. The van der Waals surface area contributed by atoms with Crippen molar-refractivity contribution in [2.75, 3.05) is 25.5 Å². The summed E-state index contributed by atoms with van der Waals surface area (Å²) in [6, 6.07) is 3.92. The fourth-order valence-corrected chi connectivity index (χ4v) is 2.47. The van der Waals surface area contributed by atoms with E-state index in [9.17, 15) is 10.1 Å². The normalized spacial score (nSPS) is 20.1. The van der Waals surface area contributed by atoms with E-state index in [4.69, 9.17) is 0 Å². The van der Waals surface area contributed by atoms with Crippen LogP contribution in [-0.4, -0.2) is 36.0 Å². The zero-order chi connectivity index (χ0) is 13.3. The monoisotopic (exact) mass is 249 g/mol. The number of hydrogen-bond acceptors (Lipinski definition) is 4. The van der Waals surface area contributed by atoms with E-state index < -0.39 is 0 Å². The Morgan fingerprint density at radius 3 is 2.67 bits per heavy atom. The molecular weight excluding hydrogens is 230 g/mol. The van der Waals surface area contributed by atoms with Gasteiger partial charge in [0.15, 0.2) is 0 Å². The standard InChI is InChI=1S/C13H19N3O2/c1-9-6-10(2)13(16(17)18)7-12(9)14-11-4-5-15(3)8-11/h6-7,11,14H,4-5,8H2,1-3H3. The quantitative estimate of drug-likeness (QED) is 0.659. The van der Waals surface area contributed by atoms with Crippen LogP contribution in [-0.2, 0) is 0 Å². The van der Waals surface area contributed by atoms with Gasteiger partial charge in [-0.05, 0) is 45.5 Å². The van der Waals surface area contributed by atoms with Gasteiger partial charge in [-0.3, -0.25) is 10.1 Å². The van der Waals surface area contributed by atoms with Gasteiger partial charge in [0.25, 0.3) is 5.69 Å².